The van der Waals surface area contributed by atoms with E-state index in [2.05, 4.69) is 45.4 Å². The highest BCUT2D eigenvalue weighted by Crippen LogP contribution is 2.50. The summed E-state index contributed by atoms with van der Waals surface area (Å²) in [6, 6.07) is 0.351. The molecule has 18 heavy (non-hydrogen) atoms. The summed E-state index contributed by atoms with van der Waals surface area (Å²) in [6.07, 6.45) is 6.51. The SMILES string of the molecule is CCNC(c1c(Br)nnn1C)C1(CC)CCCC1. The largest absolute Gasteiger partial charge is 0.308 e. The molecule has 5 heteroatoms. The van der Waals surface area contributed by atoms with Crippen molar-refractivity contribution in [3.05, 3.63) is 10.3 Å². The molecule has 1 heterocycles. The van der Waals surface area contributed by atoms with Gasteiger partial charge in [0.15, 0.2) is 4.60 Å². The Balaban J connectivity index is 2.39. The lowest BCUT2D eigenvalue weighted by Crippen LogP contribution is -2.37. The molecule has 0 spiro atoms. The third-order valence-corrected chi connectivity index (χ3v) is 4.99. The lowest BCUT2D eigenvalue weighted by atomic mass is 9.75. The van der Waals surface area contributed by atoms with Crippen molar-refractivity contribution >= 4 is 15.9 Å². The fourth-order valence-corrected chi connectivity index (χ4v) is 3.93. The molecule has 4 nitrogen and oxygen atoms in total. The van der Waals surface area contributed by atoms with E-state index in [-0.39, 0.29) is 0 Å². The van der Waals surface area contributed by atoms with E-state index >= 15 is 0 Å². The molecule has 1 N–H and O–H groups in total. The minimum absolute atomic E-state index is 0.351. The fraction of sp³-hybridized carbons (Fsp3) is 0.846. The molecule has 0 amide bonds. The van der Waals surface area contributed by atoms with Gasteiger partial charge in [-0.3, -0.25) is 0 Å². The standard InChI is InChI=1S/C13H23BrN4/c1-4-13(8-6-7-9-13)11(15-5-2)10-12(14)16-17-18(10)3/h11,15H,4-9H2,1-3H3. The van der Waals surface area contributed by atoms with Crippen molar-refractivity contribution in [3.8, 4) is 0 Å². The van der Waals surface area contributed by atoms with Gasteiger partial charge in [0.2, 0.25) is 0 Å². The van der Waals surface area contributed by atoms with Gasteiger partial charge in [-0.25, -0.2) is 4.68 Å². The maximum atomic E-state index is 4.15. The normalized spacial score (nSPS) is 20.2. The van der Waals surface area contributed by atoms with E-state index in [1.165, 1.54) is 37.8 Å². The van der Waals surface area contributed by atoms with Crippen molar-refractivity contribution < 1.29 is 0 Å². The first-order chi connectivity index (χ1) is 8.64. The molecule has 0 bridgehead atoms. The molecule has 1 atom stereocenters. The number of aryl methyl sites for hydroxylation is 1. The monoisotopic (exact) mass is 314 g/mol. The maximum absolute atomic E-state index is 4.15. The molecule has 0 radical (unpaired) electrons. The van der Waals surface area contributed by atoms with Crippen molar-refractivity contribution in [1.29, 1.82) is 0 Å². The first kappa shape index (κ1) is 14.0. The highest BCUT2D eigenvalue weighted by molar-refractivity contribution is 9.10. The van der Waals surface area contributed by atoms with Crippen LogP contribution in [0.4, 0.5) is 0 Å². The summed E-state index contributed by atoms with van der Waals surface area (Å²) in [5, 5.41) is 12.0. The van der Waals surface area contributed by atoms with Gasteiger partial charge in [0.25, 0.3) is 0 Å². The van der Waals surface area contributed by atoms with Gasteiger partial charge < -0.3 is 5.32 Å². The zero-order valence-corrected chi connectivity index (χ0v) is 13.1. The second-order valence-corrected chi connectivity index (χ2v) is 6.05. The molecule has 0 aliphatic heterocycles. The van der Waals surface area contributed by atoms with Crippen LogP contribution < -0.4 is 5.32 Å². The molecule has 2 rings (SSSR count). The van der Waals surface area contributed by atoms with Crippen molar-refractivity contribution in [2.75, 3.05) is 6.54 Å². The molecule has 1 aliphatic carbocycles. The average molecular weight is 315 g/mol. The predicted molar refractivity (Wildman–Crippen MR) is 76.3 cm³/mol. The first-order valence-corrected chi connectivity index (χ1v) is 7.72. The quantitative estimate of drug-likeness (QED) is 0.907. The Kier molecular flexibility index (Phi) is 4.43. The summed E-state index contributed by atoms with van der Waals surface area (Å²) >= 11 is 3.55. The Bertz CT molecular complexity index is 376. The number of nitrogens with zero attached hydrogens (tertiary/aromatic N) is 3. The Hall–Kier alpha value is -0.420. The number of halogens is 1. The van der Waals surface area contributed by atoms with Gasteiger partial charge in [-0.05, 0) is 47.2 Å². The number of hydrogen-bond donors (Lipinski definition) is 1. The number of hydrogen-bond acceptors (Lipinski definition) is 3. The van der Waals surface area contributed by atoms with E-state index in [0.717, 1.165) is 11.1 Å². The van der Waals surface area contributed by atoms with E-state index in [4.69, 9.17) is 0 Å². The van der Waals surface area contributed by atoms with Crippen LogP contribution >= 0.6 is 15.9 Å². The minimum atomic E-state index is 0.351. The van der Waals surface area contributed by atoms with Crippen LogP contribution in [0.2, 0.25) is 0 Å². The highest BCUT2D eigenvalue weighted by atomic mass is 79.9. The Labute approximate surface area is 118 Å². The third-order valence-electron chi connectivity index (χ3n) is 4.42. The smallest absolute Gasteiger partial charge is 0.153 e. The highest BCUT2D eigenvalue weighted by Gasteiger charge is 2.42. The van der Waals surface area contributed by atoms with Crippen molar-refractivity contribution in [1.82, 2.24) is 20.3 Å². The molecule has 1 aromatic heterocycles. The lowest BCUT2D eigenvalue weighted by Gasteiger charge is -2.37. The van der Waals surface area contributed by atoms with Crippen LogP contribution in [0.5, 0.6) is 0 Å². The summed E-state index contributed by atoms with van der Waals surface area (Å²) in [6.45, 7) is 5.46. The molecule has 1 saturated carbocycles. The molecular weight excluding hydrogens is 292 g/mol. The summed E-state index contributed by atoms with van der Waals surface area (Å²) in [5.41, 5.74) is 1.56. The first-order valence-electron chi connectivity index (χ1n) is 6.93. The van der Waals surface area contributed by atoms with Gasteiger partial charge in [0, 0.05) is 7.05 Å². The molecule has 1 fully saturated rings. The van der Waals surface area contributed by atoms with Crippen LogP contribution in [-0.4, -0.2) is 21.5 Å². The topological polar surface area (TPSA) is 42.7 Å². The van der Waals surface area contributed by atoms with Crippen LogP contribution in [0.3, 0.4) is 0 Å². The molecular formula is C13H23BrN4. The Morgan fingerprint density at radius 3 is 2.50 bits per heavy atom. The van der Waals surface area contributed by atoms with E-state index in [9.17, 15) is 0 Å². The molecule has 1 unspecified atom stereocenters. The Morgan fingerprint density at radius 1 is 1.39 bits per heavy atom. The zero-order chi connectivity index (χ0) is 13.2. The van der Waals surface area contributed by atoms with Gasteiger partial charge in [0.05, 0.1) is 11.7 Å². The van der Waals surface area contributed by atoms with Gasteiger partial charge in [-0.2, -0.15) is 0 Å². The molecule has 0 aromatic carbocycles. The van der Waals surface area contributed by atoms with Gasteiger partial charge in [-0.15, -0.1) is 5.10 Å². The lowest BCUT2D eigenvalue weighted by molar-refractivity contribution is 0.181. The van der Waals surface area contributed by atoms with Crippen LogP contribution in [0.25, 0.3) is 0 Å². The number of nitrogens with one attached hydrogen (secondary N) is 1. The second-order valence-electron chi connectivity index (χ2n) is 5.30. The molecule has 1 aromatic rings. The van der Waals surface area contributed by atoms with Crippen LogP contribution in [-0.2, 0) is 7.05 Å². The summed E-state index contributed by atoms with van der Waals surface area (Å²) < 4.78 is 2.79. The van der Waals surface area contributed by atoms with Crippen molar-refractivity contribution in [2.24, 2.45) is 12.5 Å². The van der Waals surface area contributed by atoms with Crippen LogP contribution in [0.15, 0.2) is 4.60 Å². The van der Waals surface area contributed by atoms with Gasteiger partial charge in [0.1, 0.15) is 0 Å². The second kappa shape index (κ2) is 5.70. The van der Waals surface area contributed by atoms with Crippen LogP contribution in [0.1, 0.15) is 57.7 Å². The Morgan fingerprint density at radius 2 is 2.06 bits per heavy atom. The van der Waals surface area contributed by atoms with Gasteiger partial charge >= 0.3 is 0 Å². The zero-order valence-electron chi connectivity index (χ0n) is 11.5. The van der Waals surface area contributed by atoms with Crippen molar-refractivity contribution in [3.63, 3.8) is 0 Å². The van der Waals surface area contributed by atoms with E-state index in [1.54, 1.807) is 0 Å². The maximum Gasteiger partial charge on any atom is 0.153 e. The van der Waals surface area contributed by atoms with E-state index in [1.807, 2.05) is 11.7 Å². The molecule has 1 aliphatic rings. The van der Waals surface area contributed by atoms with E-state index < -0.39 is 0 Å². The van der Waals surface area contributed by atoms with Crippen LogP contribution in [0, 0.1) is 5.41 Å². The third kappa shape index (κ3) is 2.35. The summed E-state index contributed by atoms with van der Waals surface area (Å²) in [7, 11) is 1.98. The summed E-state index contributed by atoms with van der Waals surface area (Å²) in [4.78, 5) is 0. The van der Waals surface area contributed by atoms with Gasteiger partial charge in [-0.1, -0.05) is 31.9 Å². The molecule has 102 valence electrons. The molecule has 0 saturated heterocycles. The van der Waals surface area contributed by atoms with E-state index in [0.29, 0.717) is 11.5 Å². The predicted octanol–water partition coefficient (Wildman–Crippen LogP) is 3.20. The summed E-state index contributed by atoms with van der Waals surface area (Å²) in [5.74, 6) is 0. The minimum Gasteiger partial charge on any atom is -0.308 e. The van der Waals surface area contributed by atoms with Crippen molar-refractivity contribution in [2.45, 2.75) is 52.0 Å². The number of rotatable bonds is 5. The number of aromatic nitrogens is 3. The fourth-order valence-electron chi connectivity index (χ4n) is 3.38. The average Bonchev–Trinajstić information content (AvgIpc) is 2.96.